The first-order valence-electron chi connectivity index (χ1n) is 6.38. The number of nitrogens with zero attached hydrogens (tertiary/aromatic N) is 3. The number of halogens is 1. The van der Waals surface area contributed by atoms with Gasteiger partial charge in [0.1, 0.15) is 0 Å². The summed E-state index contributed by atoms with van der Waals surface area (Å²) in [6, 6.07) is 5.78. The van der Waals surface area contributed by atoms with Gasteiger partial charge in [-0.1, -0.05) is 0 Å². The van der Waals surface area contributed by atoms with Gasteiger partial charge in [-0.2, -0.15) is 4.98 Å². The Labute approximate surface area is 125 Å². The van der Waals surface area contributed by atoms with Crippen molar-refractivity contribution in [3.8, 4) is 11.5 Å². The highest BCUT2D eigenvalue weighted by molar-refractivity contribution is 14.1. The van der Waals surface area contributed by atoms with Gasteiger partial charge in [-0.15, -0.1) is 0 Å². The minimum atomic E-state index is 0.497. The third kappa shape index (κ3) is 2.68. The maximum atomic E-state index is 5.96. The first-order chi connectivity index (χ1) is 9.24. The van der Waals surface area contributed by atoms with Crippen molar-refractivity contribution in [3.63, 3.8) is 0 Å². The summed E-state index contributed by atoms with van der Waals surface area (Å²) in [5.74, 6) is 1.17. The summed E-state index contributed by atoms with van der Waals surface area (Å²) in [7, 11) is 0. The summed E-state index contributed by atoms with van der Waals surface area (Å²) in [5.41, 5.74) is 7.43. The van der Waals surface area contributed by atoms with Crippen LogP contribution in [0.25, 0.3) is 11.5 Å². The minimum absolute atomic E-state index is 0.497. The molecule has 1 aromatic heterocycles. The number of anilines is 2. The Morgan fingerprint density at radius 1 is 1.21 bits per heavy atom. The molecule has 1 aliphatic heterocycles. The highest BCUT2D eigenvalue weighted by Gasteiger charge is 2.18. The van der Waals surface area contributed by atoms with Crippen molar-refractivity contribution in [3.05, 3.63) is 21.8 Å². The lowest BCUT2D eigenvalue weighted by molar-refractivity contribution is 0.426. The molecule has 1 saturated heterocycles. The molecule has 1 aliphatic rings. The van der Waals surface area contributed by atoms with E-state index < -0.39 is 0 Å². The Morgan fingerprint density at radius 2 is 2.00 bits per heavy atom. The number of benzene rings is 1. The van der Waals surface area contributed by atoms with E-state index in [-0.39, 0.29) is 0 Å². The first-order valence-corrected chi connectivity index (χ1v) is 7.46. The molecule has 1 fully saturated rings. The van der Waals surface area contributed by atoms with E-state index in [9.17, 15) is 0 Å². The van der Waals surface area contributed by atoms with Crippen LogP contribution in [0.2, 0.25) is 0 Å². The number of hydrogen-bond acceptors (Lipinski definition) is 5. The summed E-state index contributed by atoms with van der Waals surface area (Å²) in [5, 5.41) is 4.07. The van der Waals surface area contributed by atoms with Crippen molar-refractivity contribution < 1.29 is 4.52 Å². The Bertz CT molecular complexity index is 578. The molecule has 2 heterocycles. The average molecular weight is 370 g/mol. The predicted molar refractivity (Wildman–Crippen MR) is 82.9 cm³/mol. The van der Waals surface area contributed by atoms with Crippen LogP contribution in [0, 0.1) is 3.57 Å². The maximum absolute atomic E-state index is 5.96. The van der Waals surface area contributed by atoms with Crippen LogP contribution in [-0.2, 0) is 0 Å². The Hall–Kier alpha value is -1.31. The molecule has 2 aromatic rings. The number of nitrogen functional groups attached to an aromatic ring is 1. The van der Waals surface area contributed by atoms with Crippen LogP contribution in [0.3, 0.4) is 0 Å². The van der Waals surface area contributed by atoms with Gasteiger partial charge < -0.3 is 15.2 Å². The smallest absolute Gasteiger partial charge is 0.266 e. The molecule has 0 atom stereocenters. The van der Waals surface area contributed by atoms with Crippen LogP contribution >= 0.6 is 22.6 Å². The molecule has 0 spiro atoms. The molecule has 5 nitrogen and oxygen atoms in total. The van der Waals surface area contributed by atoms with Gasteiger partial charge in [0.15, 0.2) is 0 Å². The average Bonchev–Trinajstić information content (AvgIpc) is 2.92. The fourth-order valence-corrected chi connectivity index (χ4v) is 2.75. The zero-order chi connectivity index (χ0) is 13.2. The van der Waals surface area contributed by atoms with Gasteiger partial charge in [0, 0.05) is 22.3 Å². The summed E-state index contributed by atoms with van der Waals surface area (Å²) in [4.78, 5) is 6.64. The van der Waals surface area contributed by atoms with Gasteiger partial charge in [-0.25, -0.2) is 0 Å². The first kappa shape index (κ1) is 12.7. The van der Waals surface area contributed by atoms with E-state index in [1.54, 1.807) is 0 Å². The molecule has 6 heteroatoms. The van der Waals surface area contributed by atoms with Gasteiger partial charge in [0.05, 0.1) is 5.56 Å². The topological polar surface area (TPSA) is 68.2 Å². The highest BCUT2D eigenvalue weighted by Crippen LogP contribution is 2.28. The van der Waals surface area contributed by atoms with Crippen LogP contribution in [0.1, 0.15) is 19.3 Å². The molecule has 19 heavy (non-hydrogen) atoms. The van der Waals surface area contributed by atoms with Gasteiger partial charge >= 0.3 is 0 Å². The quantitative estimate of drug-likeness (QED) is 0.651. The Balaban J connectivity index is 1.89. The van der Waals surface area contributed by atoms with Gasteiger partial charge in [-0.3, -0.25) is 0 Å². The summed E-state index contributed by atoms with van der Waals surface area (Å²) in [6.45, 7) is 2.00. The highest BCUT2D eigenvalue weighted by atomic mass is 127. The van der Waals surface area contributed by atoms with Crippen LogP contribution in [0.5, 0.6) is 0 Å². The number of rotatable bonds is 2. The second-order valence-corrected chi connectivity index (χ2v) is 5.92. The maximum Gasteiger partial charge on any atom is 0.266 e. The Kier molecular flexibility index (Phi) is 3.58. The standard InChI is InChI=1S/C13H15IN4O/c14-9-4-5-11(15)10(8-9)12-16-13(17-19-12)18-6-2-1-3-7-18/h4-5,8H,1-3,6-7,15H2. The van der Waals surface area contributed by atoms with Crippen molar-refractivity contribution >= 4 is 34.2 Å². The van der Waals surface area contributed by atoms with Crippen LogP contribution in [-0.4, -0.2) is 23.2 Å². The van der Waals surface area contributed by atoms with Gasteiger partial charge in [0.25, 0.3) is 11.8 Å². The number of nitrogens with two attached hydrogens (primary N) is 1. The zero-order valence-electron chi connectivity index (χ0n) is 10.5. The van der Waals surface area contributed by atoms with Crippen molar-refractivity contribution in [1.29, 1.82) is 0 Å². The van der Waals surface area contributed by atoms with Gasteiger partial charge in [-0.05, 0) is 65.2 Å². The van der Waals surface area contributed by atoms with E-state index >= 15 is 0 Å². The fraction of sp³-hybridized carbons (Fsp3) is 0.385. The molecule has 3 rings (SSSR count). The van der Waals surface area contributed by atoms with Crippen LogP contribution in [0.15, 0.2) is 22.7 Å². The Morgan fingerprint density at radius 3 is 2.79 bits per heavy atom. The van der Waals surface area contributed by atoms with E-state index in [1.807, 2.05) is 18.2 Å². The number of hydrogen-bond donors (Lipinski definition) is 1. The van der Waals surface area contributed by atoms with Crippen LogP contribution in [0.4, 0.5) is 11.6 Å². The molecule has 0 unspecified atom stereocenters. The fourth-order valence-electron chi connectivity index (χ4n) is 2.26. The van der Waals surface area contributed by atoms with E-state index in [2.05, 4.69) is 37.6 Å². The molecule has 0 bridgehead atoms. The summed E-state index contributed by atoms with van der Waals surface area (Å²) in [6.07, 6.45) is 3.66. The largest absolute Gasteiger partial charge is 0.398 e. The number of aromatic nitrogens is 2. The van der Waals surface area contributed by atoms with Crippen molar-refractivity contribution in [2.75, 3.05) is 23.7 Å². The molecule has 0 saturated carbocycles. The molecule has 0 amide bonds. The van der Waals surface area contributed by atoms with Gasteiger partial charge in [0.2, 0.25) is 0 Å². The summed E-state index contributed by atoms with van der Waals surface area (Å²) >= 11 is 2.24. The molecule has 2 N–H and O–H groups in total. The third-order valence-corrected chi connectivity index (χ3v) is 3.97. The molecular weight excluding hydrogens is 355 g/mol. The lowest BCUT2D eigenvalue weighted by atomic mass is 10.1. The third-order valence-electron chi connectivity index (χ3n) is 3.30. The number of piperidine rings is 1. The van der Waals surface area contributed by atoms with E-state index in [4.69, 9.17) is 10.3 Å². The molecule has 0 radical (unpaired) electrons. The zero-order valence-corrected chi connectivity index (χ0v) is 12.6. The summed E-state index contributed by atoms with van der Waals surface area (Å²) < 4.78 is 6.45. The molecule has 100 valence electrons. The molecule has 0 aliphatic carbocycles. The van der Waals surface area contributed by atoms with E-state index in [0.717, 1.165) is 22.2 Å². The van der Waals surface area contributed by atoms with E-state index in [0.29, 0.717) is 17.5 Å². The lowest BCUT2D eigenvalue weighted by Crippen LogP contribution is -2.30. The van der Waals surface area contributed by atoms with Crippen LogP contribution < -0.4 is 10.6 Å². The normalized spacial score (nSPS) is 15.7. The minimum Gasteiger partial charge on any atom is -0.398 e. The molecule has 1 aromatic carbocycles. The second-order valence-electron chi connectivity index (χ2n) is 4.68. The van der Waals surface area contributed by atoms with Crippen molar-refractivity contribution in [2.45, 2.75) is 19.3 Å². The predicted octanol–water partition coefficient (Wildman–Crippen LogP) is 2.91. The second kappa shape index (κ2) is 5.36. The van der Waals surface area contributed by atoms with Crippen molar-refractivity contribution in [2.24, 2.45) is 0 Å². The SMILES string of the molecule is Nc1ccc(I)cc1-c1nc(N2CCCCC2)no1. The van der Waals surface area contributed by atoms with E-state index in [1.165, 1.54) is 19.3 Å². The molecular formula is C13H15IN4O. The lowest BCUT2D eigenvalue weighted by Gasteiger charge is -2.24. The monoisotopic (exact) mass is 370 g/mol. The van der Waals surface area contributed by atoms with Crippen molar-refractivity contribution in [1.82, 2.24) is 10.1 Å².